The number of hydrogen-bond acceptors (Lipinski definition) is 3. The van der Waals surface area contributed by atoms with Crippen molar-refractivity contribution in [3.05, 3.63) is 34.6 Å². The lowest BCUT2D eigenvalue weighted by Crippen LogP contribution is -2.17. The lowest BCUT2D eigenvalue weighted by molar-refractivity contribution is 0.756. The minimum atomic E-state index is 0.271. The number of imidazole rings is 1. The monoisotopic (exact) mass is 269 g/mol. The summed E-state index contributed by atoms with van der Waals surface area (Å²) in [4.78, 5) is 4.38. The van der Waals surface area contributed by atoms with E-state index in [-0.39, 0.29) is 4.99 Å². The first-order valence-corrected chi connectivity index (χ1v) is 5.78. The van der Waals surface area contributed by atoms with E-state index in [9.17, 15) is 0 Å². The molecule has 5 nitrogen and oxygen atoms in total. The number of rotatable bonds is 3. The van der Waals surface area contributed by atoms with E-state index in [0.29, 0.717) is 17.5 Å². The summed E-state index contributed by atoms with van der Waals surface area (Å²) in [5.74, 6) is 0.583. The number of aryl methyl sites for hydroxylation is 2. The van der Waals surface area contributed by atoms with Gasteiger partial charge in [0.1, 0.15) is 10.1 Å². The second-order valence-corrected chi connectivity index (χ2v) is 4.52. The van der Waals surface area contributed by atoms with Crippen LogP contribution in [0.3, 0.4) is 0 Å². The van der Waals surface area contributed by atoms with Gasteiger partial charge in [-0.1, -0.05) is 23.8 Å². The Hall–Kier alpha value is -1.40. The molecule has 0 unspecified atom stereocenters. The van der Waals surface area contributed by atoms with Crippen LogP contribution >= 0.6 is 23.8 Å². The molecular weight excluding hydrogens is 258 g/mol. The van der Waals surface area contributed by atoms with Crippen molar-refractivity contribution in [3.8, 4) is 0 Å². The third kappa shape index (κ3) is 2.18. The average Bonchev–Trinajstić information content (AvgIpc) is 2.80. The normalized spacial score (nSPS) is 10.8. The molecule has 17 heavy (non-hydrogen) atoms. The molecule has 0 radical (unpaired) electrons. The summed E-state index contributed by atoms with van der Waals surface area (Å²) in [7, 11) is 1.81. The molecule has 0 spiro atoms. The summed E-state index contributed by atoms with van der Waals surface area (Å²) in [6, 6.07) is 0. The Labute approximate surface area is 109 Å². The van der Waals surface area contributed by atoms with Crippen LogP contribution in [0.1, 0.15) is 17.1 Å². The van der Waals surface area contributed by atoms with Crippen LogP contribution in [0, 0.1) is 6.92 Å². The van der Waals surface area contributed by atoms with Gasteiger partial charge in [0, 0.05) is 25.0 Å². The molecule has 0 saturated heterocycles. The molecule has 7 heteroatoms. The third-order valence-corrected chi connectivity index (χ3v) is 3.19. The molecule has 0 atom stereocenters. The van der Waals surface area contributed by atoms with Crippen molar-refractivity contribution in [2.75, 3.05) is 0 Å². The van der Waals surface area contributed by atoms with Crippen LogP contribution in [0.5, 0.6) is 0 Å². The van der Waals surface area contributed by atoms with E-state index in [1.807, 2.05) is 17.7 Å². The van der Waals surface area contributed by atoms with Gasteiger partial charge < -0.3 is 10.3 Å². The summed E-state index contributed by atoms with van der Waals surface area (Å²) in [6.07, 6.45) is 3.48. The van der Waals surface area contributed by atoms with Gasteiger partial charge in [0.2, 0.25) is 0 Å². The zero-order valence-corrected chi connectivity index (χ0v) is 11.1. The molecule has 2 aromatic rings. The van der Waals surface area contributed by atoms with Gasteiger partial charge in [0.05, 0.1) is 12.2 Å². The molecule has 2 aromatic heterocycles. The predicted molar refractivity (Wildman–Crippen MR) is 70.2 cm³/mol. The SMILES string of the molecule is Cc1nn(C)c(Cl)c1Cn1ccnc1C(N)=S. The van der Waals surface area contributed by atoms with E-state index in [2.05, 4.69) is 10.1 Å². The van der Waals surface area contributed by atoms with Crippen LogP contribution in [-0.4, -0.2) is 24.3 Å². The number of aromatic nitrogens is 4. The average molecular weight is 270 g/mol. The first-order valence-electron chi connectivity index (χ1n) is 4.99. The summed E-state index contributed by atoms with van der Waals surface area (Å²) < 4.78 is 3.50. The van der Waals surface area contributed by atoms with Crippen molar-refractivity contribution in [2.24, 2.45) is 12.8 Å². The predicted octanol–water partition coefficient (Wildman–Crippen LogP) is 1.26. The number of nitrogens with two attached hydrogens (primary N) is 1. The lowest BCUT2D eigenvalue weighted by atomic mass is 10.2. The number of thiocarbonyl (C=S) groups is 1. The van der Waals surface area contributed by atoms with Crippen LogP contribution in [0.4, 0.5) is 0 Å². The second kappa shape index (κ2) is 4.46. The van der Waals surface area contributed by atoms with Gasteiger partial charge in [0.25, 0.3) is 0 Å². The minimum absolute atomic E-state index is 0.271. The van der Waals surface area contributed by atoms with E-state index < -0.39 is 0 Å². The highest BCUT2D eigenvalue weighted by molar-refractivity contribution is 7.80. The number of nitrogens with zero attached hydrogens (tertiary/aromatic N) is 4. The zero-order valence-electron chi connectivity index (χ0n) is 9.51. The van der Waals surface area contributed by atoms with E-state index in [1.54, 1.807) is 17.9 Å². The Morgan fingerprint density at radius 2 is 2.29 bits per heavy atom. The quantitative estimate of drug-likeness (QED) is 0.853. The standard InChI is InChI=1S/C10H12ClN5S/c1-6-7(8(11)15(2)14-6)5-16-4-3-13-10(16)9(12)17/h3-4H,5H2,1-2H3,(H2,12,17). The molecule has 0 aliphatic heterocycles. The molecule has 2 rings (SSSR count). The Morgan fingerprint density at radius 1 is 1.59 bits per heavy atom. The minimum Gasteiger partial charge on any atom is -0.387 e. The maximum Gasteiger partial charge on any atom is 0.167 e. The van der Waals surface area contributed by atoms with Crippen LogP contribution in [0.15, 0.2) is 12.4 Å². The Balaban J connectivity index is 2.38. The van der Waals surface area contributed by atoms with Gasteiger partial charge in [-0.05, 0) is 6.92 Å². The zero-order chi connectivity index (χ0) is 12.6. The largest absolute Gasteiger partial charge is 0.387 e. The van der Waals surface area contributed by atoms with Gasteiger partial charge in [0.15, 0.2) is 5.82 Å². The Bertz CT molecular complexity index is 571. The third-order valence-electron chi connectivity index (χ3n) is 2.53. The topological polar surface area (TPSA) is 61.7 Å². The van der Waals surface area contributed by atoms with Gasteiger partial charge >= 0.3 is 0 Å². The Kier molecular flexibility index (Phi) is 3.17. The highest BCUT2D eigenvalue weighted by Crippen LogP contribution is 2.20. The fourth-order valence-electron chi connectivity index (χ4n) is 1.69. The first-order chi connectivity index (χ1) is 8.00. The molecule has 0 amide bonds. The van der Waals surface area contributed by atoms with Crippen molar-refractivity contribution in [3.63, 3.8) is 0 Å². The summed E-state index contributed by atoms with van der Waals surface area (Å²) in [5.41, 5.74) is 7.43. The van der Waals surface area contributed by atoms with E-state index in [1.165, 1.54) is 0 Å². The fraction of sp³-hybridized carbons (Fsp3) is 0.300. The summed E-state index contributed by atoms with van der Waals surface area (Å²) in [6.45, 7) is 2.48. The Morgan fingerprint density at radius 3 is 2.82 bits per heavy atom. The second-order valence-electron chi connectivity index (χ2n) is 3.72. The smallest absolute Gasteiger partial charge is 0.167 e. The molecule has 2 N–H and O–H groups in total. The molecule has 0 bridgehead atoms. The molecule has 0 aromatic carbocycles. The van der Waals surface area contributed by atoms with Crippen molar-refractivity contribution < 1.29 is 0 Å². The molecule has 0 aliphatic carbocycles. The lowest BCUT2D eigenvalue weighted by Gasteiger charge is -2.06. The van der Waals surface area contributed by atoms with Crippen molar-refractivity contribution in [1.29, 1.82) is 0 Å². The summed E-state index contributed by atoms with van der Waals surface area (Å²) >= 11 is 11.1. The van der Waals surface area contributed by atoms with Crippen molar-refractivity contribution >= 4 is 28.8 Å². The van der Waals surface area contributed by atoms with Crippen LogP contribution < -0.4 is 5.73 Å². The first kappa shape index (κ1) is 12.1. The fourth-order valence-corrected chi connectivity index (χ4v) is 2.09. The van der Waals surface area contributed by atoms with Gasteiger partial charge in [-0.3, -0.25) is 4.68 Å². The maximum atomic E-state index is 6.17. The maximum absolute atomic E-state index is 6.17. The van der Waals surface area contributed by atoms with Crippen molar-refractivity contribution in [1.82, 2.24) is 19.3 Å². The van der Waals surface area contributed by atoms with Crippen molar-refractivity contribution in [2.45, 2.75) is 13.5 Å². The number of hydrogen-bond donors (Lipinski definition) is 1. The van der Waals surface area contributed by atoms with Crippen LogP contribution in [0.25, 0.3) is 0 Å². The van der Waals surface area contributed by atoms with Crippen LogP contribution in [0.2, 0.25) is 5.15 Å². The highest BCUT2D eigenvalue weighted by Gasteiger charge is 2.14. The molecule has 0 fully saturated rings. The van der Waals surface area contributed by atoms with E-state index >= 15 is 0 Å². The highest BCUT2D eigenvalue weighted by atomic mass is 35.5. The van der Waals surface area contributed by atoms with Crippen LogP contribution in [-0.2, 0) is 13.6 Å². The molecule has 0 aliphatic rings. The van der Waals surface area contributed by atoms with Gasteiger partial charge in [-0.15, -0.1) is 0 Å². The molecule has 2 heterocycles. The summed E-state index contributed by atoms with van der Waals surface area (Å²) in [5, 5.41) is 4.87. The van der Waals surface area contributed by atoms with E-state index in [4.69, 9.17) is 29.6 Å². The van der Waals surface area contributed by atoms with Gasteiger partial charge in [-0.25, -0.2) is 4.98 Å². The molecular formula is C10H12ClN5S. The molecule has 0 saturated carbocycles. The van der Waals surface area contributed by atoms with Gasteiger partial charge in [-0.2, -0.15) is 5.10 Å². The van der Waals surface area contributed by atoms with E-state index in [0.717, 1.165) is 11.3 Å². The molecule has 90 valence electrons. The number of halogens is 1.